The summed E-state index contributed by atoms with van der Waals surface area (Å²) in [5, 5.41) is 12.1. The minimum atomic E-state index is -0.461. The fourth-order valence-corrected chi connectivity index (χ4v) is 2.59. The third-order valence-electron chi connectivity index (χ3n) is 3.69. The zero-order chi connectivity index (χ0) is 15.5. The number of aliphatic imine (C=N–C) groups is 1. The van der Waals surface area contributed by atoms with E-state index in [9.17, 15) is 10.1 Å². The topological polar surface area (TPSA) is 78.1 Å². The molecule has 22 heavy (non-hydrogen) atoms. The van der Waals surface area contributed by atoms with Crippen molar-refractivity contribution in [3.63, 3.8) is 0 Å². The highest BCUT2D eigenvalue weighted by atomic mass is 16.2. The van der Waals surface area contributed by atoms with Crippen molar-refractivity contribution in [2.75, 3.05) is 0 Å². The predicted molar refractivity (Wildman–Crippen MR) is 83.2 cm³/mol. The van der Waals surface area contributed by atoms with Gasteiger partial charge in [-0.15, -0.1) is 0 Å². The number of urea groups is 1. The minimum absolute atomic E-state index is 0.390. The molecule has 2 amide bonds. The normalized spacial score (nSPS) is 20.7. The Bertz CT molecular complexity index is 777. The Hall–Kier alpha value is -3.00. The molecule has 2 unspecified atom stereocenters. The number of nitrogens with zero attached hydrogens (tertiary/aromatic N) is 3. The van der Waals surface area contributed by atoms with Crippen LogP contribution in [0.5, 0.6) is 0 Å². The Morgan fingerprint density at radius 3 is 2.82 bits per heavy atom. The van der Waals surface area contributed by atoms with Gasteiger partial charge in [-0.1, -0.05) is 24.3 Å². The first-order valence-corrected chi connectivity index (χ1v) is 6.95. The van der Waals surface area contributed by atoms with Crippen molar-refractivity contribution < 1.29 is 4.79 Å². The van der Waals surface area contributed by atoms with E-state index in [1.54, 1.807) is 13.1 Å². The number of amides is 2. The number of pyridine rings is 1. The Kier molecular flexibility index (Phi) is 3.67. The Labute approximate surface area is 128 Å². The summed E-state index contributed by atoms with van der Waals surface area (Å²) in [6.07, 6.45) is 1.74. The molecule has 5 nitrogen and oxygen atoms in total. The van der Waals surface area contributed by atoms with Crippen LogP contribution >= 0.6 is 0 Å². The fourth-order valence-electron chi connectivity index (χ4n) is 2.59. The molecule has 1 aromatic carbocycles. The first-order valence-electron chi connectivity index (χ1n) is 6.95. The molecule has 108 valence electrons. The number of benzene rings is 1. The van der Waals surface area contributed by atoms with Gasteiger partial charge in [0.25, 0.3) is 0 Å². The van der Waals surface area contributed by atoms with Gasteiger partial charge in [-0.05, 0) is 30.7 Å². The molecule has 0 saturated carbocycles. The van der Waals surface area contributed by atoms with Crippen LogP contribution < -0.4 is 5.32 Å². The third-order valence-corrected chi connectivity index (χ3v) is 3.69. The van der Waals surface area contributed by atoms with Gasteiger partial charge in [0, 0.05) is 17.5 Å². The van der Waals surface area contributed by atoms with Crippen molar-refractivity contribution in [2.45, 2.75) is 13.0 Å². The van der Waals surface area contributed by atoms with E-state index in [1.807, 2.05) is 42.5 Å². The molecule has 0 saturated heterocycles. The molecule has 0 bridgehead atoms. The van der Waals surface area contributed by atoms with Crippen molar-refractivity contribution in [1.82, 2.24) is 10.3 Å². The maximum absolute atomic E-state index is 11.7. The molecule has 2 heterocycles. The van der Waals surface area contributed by atoms with E-state index in [2.05, 4.69) is 21.4 Å². The van der Waals surface area contributed by atoms with Gasteiger partial charge in [0.1, 0.15) is 5.92 Å². The molecule has 0 aliphatic carbocycles. The van der Waals surface area contributed by atoms with E-state index < -0.39 is 18.0 Å². The first kappa shape index (κ1) is 14.0. The van der Waals surface area contributed by atoms with Crippen LogP contribution in [-0.4, -0.2) is 16.7 Å². The number of aromatic nitrogens is 1. The quantitative estimate of drug-likeness (QED) is 0.923. The lowest BCUT2D eigenvalue weighted by atomic mass is 9.88. The van der Waals surface area contributed by atoms with Gasteiger partial charge in [0.2, 0.25) is 0 Å². The molecule has 0 spiro atoms. The van der Waals surface area contributed by atoms with Crippen LogP contribution in [0.15, 0.2) is 53.7 Å². The zero-order valence-electron chi connectivity index (χ0n) is 12.0. The Balaban J connectivity index is 2.01. The van der Waals surface area contributed by atoms with Crippen LogP contribution in [-0.2, 0) is 0 Å². The van der Waals surface area contributed by atoms with Crippen LogP contribution in [0.4, 0.5) is 4.79 Å². The van der Waals surface area contributed by atoms with E-state index in [1.165, 1.54) is 0 Å². The highest BCUT2D eigenvalue weighted by Crippen LogP contribution is 2.29. The van der Waals surface area contributed by atoms with Crippen LogP contribution in [0.2, 0.25) is 0 Å². The summed E-state index contributed by atoms with van der Waals surface area (Å²) in [6.45, 7) is 1.71. The number of nitrogens with one attached hydrogen (secondary N) is 1. The summed E-state index contributed by atoms with van der Waals surface area (Å²) in [4.78, 5) is 19.8. The summed E-state index contributed by atoms with van der Waals surface area (Å²) < 4.78 is 0. The van der Waals surface area contributed by atoms with Crippen molar-refractivity contribution in [1.29, 1.82) is 5.26 Å². The van der Waals surface area contributed by atoms with Gasteiger partial charge in [0.15, 0.2) is 0 Å². The number of carbonyl (C=O) groups is 1. The molecule has 3 rings (SSSR count). The van der Waals surface area contributed by atoms with Gasteiger partial charge in [-0.3, -0.25) is 4.98 Å². The second-order valence-electron chi connectivity index (χ2n) is 5.13. The molecular formula is C17H14N4O. The molecule has 2 aromatic rings. The Morgan fingerprint density at radius 2 is 2.09 bits per heavy atom. The smallest absolute Gasteiger partial charge is 0.328 e. The maximum atomic E-state index is 11.7. The van der Waals surface area contributed by atoms with Crippen LogP contribution in [0.25, 0.3) is 11.3 Å². The van der Waals surface area contributed by atoms with Gasteiger partial charge < -0.3 is 5.32 Å². The lowest BCUT2D eigenvalue weighted by molar-refractivity contribution is 0.242. The summed E-state index contributed by atoms with van der Waals surface area (Å²) in [6, 6.07) is 14.9. The highest BCUT2D eigenvalue weighted by Gasteiger charge is 2.31. The van der Waals surface area contributed by atoms with E-state index in [0.717, 1.165) is 16.8 Å². The minimum Gasteiger partial charge on any atom is -0.328 e. The van der Waals surface area contributed by atoms with Crippen molar-refractivity contribution in [3.05, 3.63) is 54.2 Å². The fraction of sp³-hybridized carbons (Fsp3) is 0.176. The van der Waals surface area contributed by atoms with Gasteiger partial charge in [-0.25, -0.2) is 9.79 Å². The van der Waals surface area contributed by atoms with Crippen LogP contribution in [0, 0.1) is 17.2 Å². The molecule has 1 aliphatic heterocycles. The average molecular weight is 290 g/mol. The number of rotatable bonds is 2. The van der Waals surface area contributed by atoms with Gasteiger partial charge >= 0.3 is 6.03 Å². The summed E-state index contributed by atoms with van der Waals surface area (Å²) in [5.74, 6) is -0.461. The lowest BCUT2D eigenvalue weighted by Gasteiger charge is -2.26. The number of nitriles is 1. The number of carbonyl (C=O) groups excluding carboxylic acids is 1. The lowest BCUT2D eigenvalue weighted by Crippen LogP contribution is -2.39. The monoisotopic (exact) mass is 290 g/mol. The van der Waals surface area contributed by atoms with Crippen molar-refractivity contribution in [2.24, 2.45) is 10.9 Å². The first-order chi connectivity index (χ1) is 10.7. The maximum Gasteiger partial charge on any atom is 0.341 e. The molecular weight excluding hydrogens is 276 g/mol. The van der Waals surface area contributed by atoms with Gasteiger partial charge in [0.05, 0.1) is 17.8 Å². The van der Waals surface area contributed by atoms with Crippen LogP contribution in [0.3, 0.4) is 0 Å². The predicted octanol–water partition coefficient (Wildman–Crippen LogP) is 3.11. The van der Waals surface area contributed by atoms with Gasteiger partial charge in [-0.2, -0.15) is 5.26 Å². The summed E-state index contributed by atoms with van der Waals surface area (Å²) in [7, 11) is 0. The highest BCUT2D eigenvalue weighted by molar-refractivity contribution is 5.99. The largest absolute Gasteiger partial charge is 0.341 e. The summed E-state index contributed by atoms with van der Waals surface area (Å²) in [5.41, 5.74) is 3.21. The molecule has 1 aromatic heterocycles. The SMILES string of the molecule is CC1=NC(=O)NC(c2cccc(-c3ccccn3)c2)C1C#N. The number of hydrogen-bond acceptors (Lipinski definition) is 3. The van der Waals surface area contributed by atoms with Crippen molar-refractivity contribution in [3.8, 4) is 17.3 Å². The molecule has 0 fully saturated rings. The Morgan fingerprint density at radius 1 is 1.23 bits per heavy atom. The molecule has 5 heteroatoms. The van der Waals surface area contributed by atoms with E-state index in [0.29, 0.717) is 5.71 Å². The van der Waals surface area contributed by atoms with E-state index in [-0.39, 0.29) is 0 Å². The molecule has 2 atom stereocenters. The third kappa shape index (κ3) is 2.59. The molecule has 1 aliphatic rings. The van der Waals surface area contributed by atoms with E-state index >= 15 is 0 Å². The second kappa shape index (κ2) is 5.78. The average Bonchev–Trinajstić information content (AvgIpc) is 2.55. The second-order valence-corrected chi connectivity index (χ2v) is 5.13. The van der Waals surface area contributed by atoms with E-state index in [4.69, 9.17) is 0 Å². The number of hydrogen-bond donors (Lipinski definition) is 1. The summed E-state index contributed by atoms with van der Waals surface area (Å²) >= 11 is 0. The molecule has 1 N–H and O–H groups in total. The zero-order valence-corrected chi connectivity index (χ0v) is 12.0. The molecule has 0 radical (unpaired) electrons. The van der Waals surface area contributed by atoms with Crippen molar-refractivity contribution >= 4 is 11.7 Å². The van der Waals surface area contributed by atoms with Crippen LogP contribution in [0.1, 0.15) is 18.5 Å². The standard InChI is InChI=1S/C17H14N4O/c1-11-14(10-18)16(21-17(22)20-11)13-6-4-5-12(9-13)15-7-2-3-8-19-15/h2-9,14,16H,1H3,(H,21,22).